The third-order valence-electron chi connectivity index (χ3n) is 8.76. The van der Waals surface area contributed by atoms with Gasteiger partial charge in [-0.25, -0.2) is 0 Å². The maximum atomic E-state index is 13.3. The fourth-order valence-corrected chi connectivity index (χ4v) is 6.81. The van der Waals surface area contributed by atoms with Gasteiger partial charge in [0.2, 0.25) is 5.91 Å². The number of fused-ring (bicyclic) bond motifs is 3. The zero-order valence-electron chi connectivity index (χ0n) is 19.4. The van der Waals surface area contributed by atoms with Crippen molar-refractivity contribution in [3.63, 3.8) is 0 Å². The lowest BCUT2D eigenvalue weighted by Crippen LogP contribution is -2.58. The van der Waals surface area contributed by atoms with E-state index in [4.69, 9.17) is 4.74 Å². The van der Waals surface area contributed by atoms with Crippen LogP contribution < -0.4 is 10.1 Å². The molecule has 3 aliphatic carbocycles. The highest BCUT2D eigenvalue weighted by Crippen LogP contribution is 2.61. The molecule has 0 aromatic heterocycles. The van der Waals surface area contributed by atoms with Crippen LogP contribution in [0.2, 0.25) is 0 Å². The first kappa shape index (κ1) is 23.0. The van der Waals surface area contributed by atoms with Crippen molar-refractivity contribution in [3.8, 4) is 5.75 Å². The van der Waals surface area contributed by atoms with Crippen LogP contribution >= 0.6 is 0 Å². The molecule has 1 aromatic rings. The Bertz CT molecular complexity index is 896. The Morgan fingerprint density at radius 2 is 1.88 bits per heavy atom. The maximum Gasteiger partial charge on any atom is 0.220 e. The van der Waals surface area contributed by atoms with Crippen LogP contribution in [0.4, 0.5) is 0 Å². The van der Waals surface area contributed by atoms with Crippen molar-refractivity contribution in [1.82, 2.24) is 5.32 Å². The van der Waals surface area contributed by atoms with Gasteiger partial charge in [-0.1, -0.05) is 26.0 Å². The minimum Gasteiger partial charge on any atom is -0.497 e. The number of aliphatic hydroxyl groups excluding tert-OH is 1. The summed E-state index contributed by atoms with van der Waals surface area (Å²) >= 11 is 0. The summed E-state index contributed by atoms with van der Waals surface area (Å²) < 4.78 is 5.15. The minimum atomic E-state index is -0.635. The Hall–Kier alpha value is -2.21. The van der Waals surface area contributed by atoms with E-state index in [1.165, 1.54) is 0 Å². The van der Waals surface area contributed by atoms with Crippen LogP contribution in [0.25, 0.3) is 0 Å². The number of nitrogens with one attached hydrogen (secondary N) is 1. The van der Waals surface area contributed by atoms with E-state index in [1.54, 1.807) is 7.11 Å². The predicted molar refractivity (Wildman–Crippen MR) is 120 cm³/mol. The summed E-state index contributed by atoms with van der Waals surface area (Å²) in [5.74, 6) is 1.08. The van der Waals surface area contributed by atoms with Crippen LogP contribution in [0.15, 0.2) is 24.3 Å². The molecule has 174 valence electrons. The lowest BCUT2D eigenvalue weighted by Gasteiger charge is -2.55. The molecule has 0 bridgehead atoms. The van der Waals surface area contributed by atoms with E-state index in [9.17, 15) is 19.5 Å². The number of rotatable bonds is 6. The Balaban J connectivity index is 1.42. The summed E-state index contributed by atoms with van der Waals surface area (Å²) in [6, 6.07) is 7.54. The predicted octanol–water partition coefficient (Wildman–Crippen LogP) is 3.44. The summed E-state index contributed by atoms with van der Waals surface area (Å²) in [6.07, 6.45) is 3.22. The number of ketones is 2. The molecule has 1 amide bonds. The standard InChI is InChI=1S/C26H35NO5/c1-25(13-12-23(31)27-15-16-4-6-17(32-3)7-5-16)21(29)10-8-18-19-9-11-22(30)26(19,2)14-20(28)24(18)25/h4-7,18-19,21,24,29H,8-15H2,1-3H3,(H,27,31)/t18-,19-,21?,24+,25-,26-/m0/s1. The van der Waals surface area contributed by atoms with Crippen molar-refractivity contribution in [3.05, 3.63) is 29.8 Å². The van der Waals surface area contributed by atoms with Crippen LogP contribution in [0.3, 0.4) is 0 Å². The lowest BCUT2D eigenvalue weighted by molar-refractivity contribution is -0.164. The molecule has 0 heterocycles. The highest BCUT2D eigenvalue weighted by atomic mass is 16.5. The van der Waals surface area contributed by atoms with Crippen molar-refractivity contribution in [2.24, 2.45) is 28.6 Å². The van der Waals surface area contributed by atoms with Gasteiger partial charge in [0.1, 0.15) is 17.3 Å². The molecule has 2 N–H and O–H groups in total. The van der Waals surface area contributed by atoms with Gasteiger partial charge in [0.25, 0.3) is 0 Å². The van der Waals surface area contributed by atoms with E-state index in [-0.39, 0.29) is 48.1 Å². The summed E-state index contributed by atoms with van der Waals surface area (Å²) in [7, 11) is 1.61. The normalized spacial score (nSPS) is 36.4. The fraction of sp³-hybridized carbons (Fsp3) is 0.654. The van der Waals surface area contributed by atoms with Gasteiger partial charge in [-0.2, -0.15) is 0 Å². The molecule has 0 saturated heterocycles. The smallest absolute Gasteiger partial charge is 0.220 e. The highest BCUT2D eigenvalue weighted by molar-refractivity contribution is 5.95. The molecule has 6 atom stereocenters. The molecule has 3 aliphatic rings. The van der Waals surface area contributed by atoms with Gasteiger partial charge >= 0.3 is 0 Å². The molecule has 6 nitrogen and oxygen atoms in total. The first-order chi connectivity index (χ1) is 15.2. The molecule has 32 heavy (non-hydrogen) atoms. The third-order valence-corrected chi connectivity index (χ3v) is 8.76. The first-order valence-electron chi connectivity index (χ1n) is 11.8. The van der Waals surface area contributed by atoms with Crippen molar-refractivity contribution in [2.45, 2.75) is 71.4 Å². The van der Waals surface area contributed by atoms with Crippen molar-refractivity contribution >= 4 is 17.5 Å². The average molecular weight is 442 g/mol. The molecule has 1 unspecified atom stereocenters. The van der Waals surface area contributed by atoms with E-state index < -0.39 is 16.9 Å². The number of carbonyl (C=O) groups is 3. The number of hydrogen-bond acceptors (Lipinski definition) is 5. The number of ether oxygens (including phenoxy) is 1. The van der Waals surface area contributed by atoms with Gasteiger partial charge in [-0.15, -0.1) is 0 Å². The molecular formula is C26H35NO5. The zero-order chi connectivity index (χ0) is 23.1. The molecule has 3 fully saturated rings. The molecule has 3 saturated carbocycles. The van der Waals surface area contributed by atoms with Gasteiger partial charge in [0.15, 0.2) is 0 Å². The monoisotopic (exact) mass is 441 g/mol. The topological polar surface area (TPSA) is 92.7 Å². The Labute approximate surface area is 190 Å². The SMILES string of the molecule is COc1ccc(CNC(=O)CC[C@@]2(C)C(O)CC[C@@H]3[C@@H]2C(=O)C[C@]2(C)C(=O)CC[C@@H]32)cc1. The summed E-state index contributed by atoms with van der Waals surface area (Å²) in [4.78, 5) is 38.5. The molecule has 4 rings (SSSR count). The second kappa shape index (κ2) is 8.62. The van der Waals surface area contributed by atoms with E-state index in [0.29, 0.717) is 25.8 Å². The summed E-state index contributed by atoms with van der Waals surface area (Å²) in [5, 5.41) is 13.9. The van der Waals surface area contributed by atoms with Crippen molar-refractivity contribution in [2.75, 3.05) is 7.11 Å². The number of hydrogen-bond donors (Lipinski definition) is 2. The molecule has 1 aromatic carbocycles. The van der Waals surface area contributed by atoms with Crippen LogP contribution in [0.5, 0.6) is 5.75 Å². The molecule has 0 radical (unpaired) electrons. The Morgan fingerprint density at radius 1 is 1.16 bits per heavy atom. The molecule has 0 aliphatic heterocycles. The van der Waals surface area contributed by atoms with E-state index in [1.807, 2.05) is 38.1 Å². The number of aliphatic hydroxyl groups is 1. The maximum absolute atomic E-state index is 13.3. The second-order valence-electron chi connectivity index (χ2n) is 10.5. The zero-order valence-corrected chi connectivity index (χ0v) is 19.4. The number of amides is 1. The second-order valence-corrected chi connectivity index (χ2v) is 10.5. The van der Waals surface area contributed by atoms with E-state index in [2.05, 4.69) is 5.32 Å². The van der Waals surface area contributed by atoms with Gasteiger partial charge in [0.05, 0.1) is 13.2 Å². The number of methoxy groups -OCH3 is 1. The quantitative estimate of drug-likeness (QED) is 0.705. The number of benzene rings is 1. The van der Waals surface area contributed by atoms with Gasteiger partial charge in [-0.05, 0) is 55.2 Å². The largest absolute Gasteiger partial charge is 0.497 e. The lowest BCUT2D eigenvalue weighted by atomic mass is 9.48. The highest BCUT2D eigenvalue weighted by Gasteiger charge is 2.62. The summed E-state index contributed by atoms with van der Waals surface area (Å²) in [6.45, 7) is 4.37. The molecular weight excluding hydrogens is 406 g/mol. The van der Waals surface area contributed by atoms with Crippen LogP contribution in [-0.2, 0) is 20.9 Å². The van der Waals surface area contributed by atoms with Crippen LogP contribution in [0.1, 0.15) is 64.4 Å². The van der Waals surface area contributed by atoms with Crippen LogP contribution in [-0.4, -0.2) is 35.8 Å². The van der Waals surface area contributed by atoms with Crippen LogP contribution in [0, 0.1) is 28.6 Å². The number of Topliss-reactive ketones (excluding diaryl/α,β-unsaturated/α-hetero) is 2. The Morgan fingerprint density at radius 3 is 2.56 bits per heavy atom. The average Bonchev–Trinajstić information content (AvgIpc) is 3.07. The van der Waals surface area contributed by atoms with E-state index >= 15 is 0 Å². The van der Waals surface area contributed by atoms with Gasteiger partial charge in [0, 0.05) is 42.6 Å². The van der Waals surface area contributed by atoms with Gasteiger partial charge < -0.3 is 15.2 Å². The van der Waals surface area contributed by atoms with E-state index in [0.717, 1.165) is 24.2 Å². The molecule has 6 heteroatoms. The minimum absolute atomic E-state index is 0.0829. The summed E-state index contributed by atoms with van der Waals surface area (Å²) in [5.41, 5.74) is -0.183. The molecule has 0 spiro atoms. The van der Waals surface area contributed by atoms with Crippen molar-refractivity contribution < 1.29 is 24.2 Å². The van der Waals surface area contributed by atoms with Crippen molar-refractivity contribution in [1.29, 1.82) is 0 Å². The number of carbonyl (C=O) groups excluding carboxylic acids is 3. The Kier molecular flexibility index (Phi) is 6.19. The first-order valence-corrected chi connectivity index (χ1v) is 11.8. The fourth-order valence-electron chi connectivity index (χ4n) is 6.81. The third kappa shape index (κ3) is 3.87. The van der Waals surface area contributed by atoms with Gasteiger partial charge in [-0.3, -0.25) is 14.4 Å².